The van der Waals surface area contributed by atoms with Crippen LogP contribution < -0.4 is 10.2 Å². The van der Waals surface area contributed by atoms with Crippen molar-refractivity contribution in [3.8, 4) is 17.0 Å². The Morgan fingerprint density at radius 2 is 1.78 bits per heavy atom. The number of aryl methyl sites for hydroxylation is 1. The van der Waals surface area contributed by atoms with E-state index in [0.717, 1.165) is 61.6 Å². The number of nitrogens with one attached hydrogen (secondary N) is 1. The topological polar surface area (TPSA) is 46.5 Å². The molecular formula is C27H39N3O2. The number of amides is 1. The second kappa shape index (κ2) is 10.6. The Balaban J connectivity index is 1.72. The highest BCUT2D eigenvalue weighted by atomic mass is 16.5. The number of hydrogen-bond acceptors (Lipinski definition) is 3. The molecule has 0 spiro atoms. The maximum absolute atomic E-state index is 13.3. The van der Waals surface area contributed by atoms with Crippen LogP contribution in [0.5, 0.6) is 5.75 Å². The summed E-state index contributed by atoms with van der Waals surface area (Å²) in [6.07, 6.45) is 11.1. The molecule has 5 nitrogen and oxygen atoms in total. The fraction of sp³-hybridized carbons (Fsp3) is 0.593. The van der Waals surface area contributed by atoms with Gasteiger partial charge in [-0.2, -0.15) is 0 Å². The molecule has 1 N–H and O–H groups in total. The molecule has 5 heteroatoms. The van der Waals surface area contributed by atoms with Crippen LogP contribution in [0.4, 0.5) is 0 Å². The molecule has 174 valence electrons. The van der Waals surface area contributed by atoms with Gasteiger partial charge in [-0.25, -0.2) is 5.01 Å². The Bertz CT molecular complexity index is 921. The highest BCUT2D eigenvalue weighted by Gasteiger charge is 2.24. The van der Waals surface area contributed by atoms with Gasteiger partial charge in [-0.3, -0.25) is 10.2 Å². The van der Waals surface area contributed by atoms with Crippen LogP contribution in [0.3, 0.4) is 0 Å². The fourth-order valence-electron chi connectivity index (χ4n) is 5.40. The van der Waals surface area contributed by atoms with Crippen LogP contribution in [0.15, 0.2) is 24.3 Å². The van der Waals surface area contributed by atoms with Crippen molar-refractivity contribution < 1.29 is 9.53 Å². The van der Waals surface area contributed by atoms with Gasteiger partial charge in [0.1, 0.15) is 5.75 Å². The molecule has 1 aromatic carbocycles. The molecule has 0 bridgehead atoms. The summed E-state index contributed by atoms with van der Waals surface area (Å²) < 4.78 is 7.97. The van der Waals surface area contributed by atoms with Gasteiger partial charge in [0.2, 0.25) is 0 Å². The van der Waals surface area contributed by atoms with Crippen LogP contribution >= 0.6 is 0 Å². The van der Waals surface area contributed by atoms with E-state index in [1.165, 1.54) is 49.7 Å². The Morgan fingerprint density at radius 3 is 2.47 bits per heavy atom. The van der Waals surface area contributed by atoms with Crippen LogP contribution in [0.2, 0.25) is 0 Å². The molecule has 1 saturated carbocycles. The Morgan fingerprint density at radius 1 is 1.06 bits per heavy atom. The normalized spacial score (nSPS) is 18.0. The molecule has 1 amide bonds. The summed E-state index contributed by atoms with van der Waals surface area (Å²) in [5.74, 6) is 1.57. The Hall–Kier alpha value is -2.27. The van der Waals surface area contributed by atoms with Crippen molar-refractivity contribution in [3.63, 3.8) is 0 Å². The second-order valence-corrected chi connectivity index (χ2v) is 9.51. The number of carbonyl (C=O) groups is 1. The lowest BCUT2D eigenvalue weighted by atomic mass is 9.89. The molecule has 0 radical (unpaired) electrons. The number of nitrogens with zero attached hydrogens (tertiary/aromatic N) is 2. The average molecular weight is 438 g/mol. The summed E-state index contributed by atoms with van der Waals surface area (Å²) in [5, 5.41) is 2.09. The minimum Gasteiger partial charge on any atom is -0.497 e. The molecule has 2 aliphatic rings. The molecule has 1 aliphatic heterocycles. The van der Waals surface area contributed by atoms with Crippen LogP contribution in [0.1, 0.15) is 79.9 Å². The number of methoxy groups -OCH3 is 1. The minimum atomic E-state index is 0.0222. The number of piperidine rings is 1. The summed E-state index contributed by atoms with van der Waals surface area (Å²) in [4.78, 5) is 13.3. The van der Waals surface area contributed by atoms with Gasteiger partial charge in [0.15, 0.2) is 0 Å². The van der Waals surface area contributed by atoms with Gasteiger partial charge in [0.25, 0.3) is 5.91 Å². The lowest BCUT2D eigenvalue weighted by Crippen LogP contribution is -2.45. The number of ether oxygens (including phenoxy) is 1. The maximum Gasteiger partial charge on any atom is 0.267 e. The van der Waals surface area contributed by atoms with Crippen LogP contribution in [0, 0.1) is 12.8 Å². The smallest absolute Gasteiger partial charge is 0.267 e. The van der Waals surface area contributed by atoms with Crippen molar-refractivity contribution in [1.29, 1.82) is 0 Å². The van der Waals surface area contributed by atoms with Gasteiger partial charge >= 0.3 is 0 Å². The van der Waals surface area contributed by atoms with Gasteiger partial charge in [0.05, 0.1) is 12.7 Å². The van der Waals surface area contributed by atoms with E-state index in [2.05, 4.69) is 47.0 Å². The van der Waals surface area contributed by atoms with Crippen LogP contribution in [-0.2, 0) is 13.0 Å². The summed E-state index contributed by atoms with van der Waals surface area (Å²) >= 11 is 0. The zero-order chi connectivity index (χ0) is 22.5. The molecule has 1 aliphatic carbocycles. The first kappa shape index (κ1) is 22.9. The number of rotatable bonds is 7. The summed E-state index contributed by atoms with van der Waals surface area (Å²) in [6.45, 7) is 7.17. The zero-order valence-electron chi connectivity index (χ0n) is 20.1. The van der Waals surface area contributed by atoms with Crippen LogP contribution in [-0.4, -0.2) is 35.7 Å². The Labute approximate surface area is 193 Å². The molecule has 4 rings (SSSR count). The number of carbonyl (C=O) groups excluding carboxylic acids is 1. The molecule has 2 aromatic rings. The van der Waals surface area contributed by atoms with Gasteiger partial charge in [0, 0.05) is 36.6 Å². The maximum atomic E-state index is 13.3. The number of hydrogen-bond donors (Lipinski definition) is 1. The lowest BCUT2D eigenvalue weighted by Gasteiger charge is -2.27. The van der Waals surface area contributed by atoms with E-state index >= 15 is 0 Å². The average Bonchev–Trinajstić information content (AvgIpc) is 3.16. The molecule has 1 saturated heterocycles. The first-order valence-electron chi connectivity index (χ1n) is 12.5. The zero-order valence-corrected chi connectivity index (χ0v) is 20.1. The van der Waals surface area contributed by atoms with E-state index in [4.69, 9.17) is 4.74 Å². The standard InChI is InChI=1S/C27H39N3O2/c1-4-22-13-14-23(32-3)17-25(22)26-18-24(27(31)28-29-15-9-6-10-16-29)20(2)30(26)19-21-11-7-5-8-12-21/h13-14,17-18,21H,4-12,15-16,19H2,1-3H3,(H,28,31). The number of hydrazine groups is 1. The molecular weight excluding hydrogens is 398 g/mol. The molecule has 0 unspecified atom stereocenters. The highest BCUT2D eigenvalue weighted by Crippen LogP contribution is 2.34. The first-order valence-corrected chi connectivity index (χ1v) is 12.5. The molecule has 2 fully saturated rings. The molecule has 1 aromatic heterocycles. The van der Waals surface area contributed by atoms with Crippen LogP contribution in [0.25, 0.3) is 11.3 Å². The third kappa shape index (κ3) is 5.03. The van der Waals surface area contributed by atoms with Crippen molar-refractivity contribution >= 4 is 5.91 Å². The van der Waals surface area contributed by atoms with Gasteiger partial charge in [-0.05, 0) is 68.7 Å². The van der Waals surface area contributed by atoms with Gasteiger partial charge in [-0.15, -0.1) is 0 Å². The van der Waals surface area contributed by atoms with E-state index in [9.17, 15) is 4.79 Å². The molecule has 0 atom stereocenters. The number of benzene rings is 1. The van der Waals surface area contributed by atoms with Crippen molar-refractivity contribution in [3.05, 3.63) is 41.1 Å². The third-order valence-corrected chi connectivity index (χ3v) is 7.37. The summed E-state index contributed by atoms with van der Waals surface area (Å²) in [6, 6.07) is 8.45. The largest absolute Gasteiger partial charge is 0.497 e. The SMILES string of the molecule is CCc1ccc(OC)cc1-c1cc(C(=O)NN2CCCCC2)c(C)n1CC1CCCCC1. The van der Waals surface area contributed by atoms with E-state index in [1.54, 1.807) is 7.11 Å². The van der Waals surface area contributed by atoms with Crippen molar-refractivity contribution in [2.75, 3.05) is 20.2 Å². The van der Waals surface area contributed by atoms with Crippen molar-refractivity contribution in [1.82, 2.24) is 15.0 Å². The summed E-state index contributed by atoms with van der Waals surface area (Å²) in [5.41, 5.74) is 8.67. The first-order chi connectivity index (χ1) is 15.6. The summed E-state index contributed by atoms with van der Waals surface area (Å²) in [7, 11) is 1.72. The number of aromatic nitrogens is 1. The van der Waals surface area contributed by atoms with E-state index in [0.29, 0.717) is 5.92 Å². The molecule has 2 heterocycles. The minimum absolute atomic E-state index is 0.0222. The fourth-order valence-corrected chi connectivity index (χ4v) is 5.40. The van der Waals surface area contributed by atoms with E-state index in [-0.39, 0.29) is 5.91 Å². The van der Waals surface area contributed by atoms with Crippen molar-refractivity contribution in [2.24, 2.45) is 5.92 Å². The quantitative estimate of drug-likeness (QED) is 0.600. The van der Waals surface area contributed by atoms with E-state index < -0.39 is 0 Å². The van der Waals surface area contributed by atoms with Gasteiger partial charge < -0.3 is 9.30 Å². The van der Waals surface area contributed by atoms with E-state index in [1.807, 2.05) is 6.07 Å². The predicted molar refractivity (Wildman–Crippen MR) is 130 cm³/mol. The molecule has 32 heavy (non-hydrogen) atoms. The highest BCUT2D eigenvalue weighted by molar-refractivity contribution is 5.96. The second-order valence-electron chi connectivity index (χ2n) is 9.51. The monoisotopic (exact) mass is 437 g/mol. The Kier molecular flexibility index (Phi) is 7.56. The van der Waals surface area contributed by atoms with Crippen molar-refractivity contribution in [2.45, 2.75) is 78.2 Å². The van der Waals surface area contributed by atoms with Gasteiger partial charge in [-0.1, -0.05) is 38.7 Å². The predicted octanol–water partition coefficient (Wildman–Crippen LogP) is 5.75. The lowest BCUT2D eigenvalue weighted by molar-refractivity contribution is 0.0749. The third-order valence-electron chi connectivity index (χ3n) is 7.37.